The molecule has 17 heavy (non-hydrogen) atoms. The van der Waals surface area contributed by atoms with E-state index in [2.05, 4.69) is 0 Å². The summed E-state index contributed by atoms with van der Waals surface area (Å²) in [4.78, 5) is 10.9. The molecule has 0 aliphatic carbocycles. The zero-order valence-corrected chi connectivity index (χ0v) is 9.39. The first-order chi connectivity index (χ1) is 8.17. The van der Waals surface area contributed by atoms with Gasteiger partial charge in [0.1, 0.15) is 24.7 Å². The molecule has 0 radical (unpaired) electrons. The molecule has 0 amide bonds. The van der Waals surface area contributed by atoms with Gasteiger partial charge in [-0.3, -0.25) is 0 Å². The fourth-order valence-corrected chi connectivity index (χ4v) is 1.22. The van der Waals surface area contributed by atoms with Crippen LogP contribution in [0.1, 0.15) is 10.4 Å². The van der Waals surface area contributed by atoms with E-state index in [0.717, 1.165) is 0 Å². The molecule has 0 fully saturated rings. The Morgan fingerprint density at radius 1 is 1.06 bits per heavy atom. The van der Waals surface area contributed by atoms with Crippen molar-refractivity contribution < 1.29 is 19.4 Å². The van der Waals surface area contributed by atoms with Crippen molar-refractivity contribution >= 4 is 5.97 Å². The van der Waals surface area contributed by atoms with Gasteiger partial charge in [-0.2, -0.15) is 0 Å². The SMILES string of the molecule is NCCOc1cc(OCCN)cc(C(=O)O)c1. The van der Waals surface area contributed by atoms with Crippen LogP contribution in [0.3, 0.4) is 0 Å². The molecule has 0 atom stereocenters. The largest absolute Gasteiger partial charge is 0.492 e. The third kappa shape index (κ3) is 4.29. The van der Waals surface area contributed by atoms with Crippen LogP contribution >= 0.6 is 0 Å². The quantitative estimate of drug-likeness (QED) is 0.622. The molecule has 1 rings (SSSR count). The van der Waals surface area contributed by atoms with Crippen molar-refractivity contribution in [2.45, 2.75) is 0 Å². The summed E-state index contributed by atoms with van der Waals surface area (Å²) >= 11 is 0. The highest BCUT2D eigenvalue weighted by molar-refractivity contribution is 5.88. The molecule has 5 N–H and O–H groups in total. The van der Waals surface area contributed by atoms with E-state index in [-0.39, 0.29) is 5.56 Å². The Morgan fingerprint density at radius 3 is 1.88 bits per heavy atom. The van der Waals surface area contributed by atoms with Crippen LogP contribution in [-0.2, 0) is 0 Å². The van der Waals surface area contributed by atoms with Gasteiger partial charge in [-0.05, 0) is 12.1 Å². The molecule has 0 heterocycles. The van der Waals surface area contributed by atoms with Crippen LogP contribution in [0.4, 0.5) is 0 Å². The molecule has 0 spiro atoms. The van der Waals surface area contributed by atoms with Gasteiger partial charge in [-0.1, -0.05) is 0 Å². The number of hydrogen-bond donors (Lipinski definition) is 3. The van der Waals surface area contributed by atoms with Crippen molar-refractivity contribution in [2.24, 2.45) is 11.5 Å². The Morgan fingerprint density at radius 2 is 1.53 bits per heavy atom. The van der Waals surface area contributed by atoms with Crippen molar-refractivity contribution in [3.8, 4) is 11.5 Å². The van der Waals surface area contributed by atoms with E-state index in [1.807, 2.05) is 0 Å². The summed E-state index contributed by atoms with van der Waals surface area (Å²) in [5, 5.41) is 8.92. The number of rotatable bonds is 7. The molecular formula is C11H16N2O4. The molecule has 0 aromatic heterocycles. The van der Waals surface area contributed by atoms with Gasteiger partial charge in [0.2, 0.25) is 0 Å². The highest BCUT2D eigenvalue weighted by atomic mass is 16.5. The molecular weight excluding hydrogens is 224 g/mol. The lowest BCUT2D eigenvalue weighted by Gasteiger charge is -2.10. The molecule has 0 unspecified atom stereocenters. The minimum atomic E-state index is -1.04. The van der Waals surface area contributed by atoms with Crippen molar-refractivity contribution in [2.75, 3.05) is 26.3 Å². The van der Waals surface area contributed by atoms with Crippen LogP contribution in [0.15, 0.2) is 18.2 Å². The van der Waals surface area contributed by atoms with E-state index >= 15 is 0 Å². The zero-order chi connectivity index (χ0) is 12.7. The first kappa shape index (κ1) is 13.3. The number of carboxylic acid groups (broad SMARTS) is 1. The van der Waals surface area contributed by atoms with Gasteiger partial charge in [0, 0.05) is 19.2 Å². The van der Waals surface area contributed by atoms with E-state index in [9.17, 15) is 4.79 Å². The fourth-order valence-electron chi connectivity index (χ4n) is 1.22. The maximum Gasteiger partial charge on any atom is 0.335 e. The Bertz CT molecular complexity index is 355. The van der Waals surface area contributed by atoms with E-state index < -0.39 is 5.97 Å². The average Bonchev–Trinajstić information content (AvgIpc) is 2.33. The summed E-state index contributed by atoms with van der Waals surface area (Å²) in [5.74, 6) is -0.203. The Hall–Kier alpha value is -1.79. The number of benzene rings is 1. The standard InChI is InChI=1S/C11H16N2O4/c12-1-3-16-9-5-8(11(14)15)6-10(7-9)17-4-2-13/h5-7H,1-4,12-13H2,(H,14,15). The van der Waals surface area contributed by atoms with Gasteiger partial charge < -0.3 is 26.0 Å². The first-order valence-corrected chi connectivity index (χ1v) is 5.21. The van der Waals surface area contributed by atoms with Crippen LogP contribution in [0.25, 0.3) is 0 Å². The summed E-state index contributed by atoms with van der Waals surface area (Å²) in [7, 11) is 0. The molecule has 6 nitrogen and oxygen atoms in total. The minimum Gasteiger partial charge on any atom is -0.492 e. The lowest BCUT2D eigenvalue weighted by molar-refractivity contribution is 0.0696. The minimum absolute atomic E-state index is 0.103. The molecule has 0 saturated carbocycles. The third-order valence-electron chi connectivity index (χ3n) is 1.90. The smallest absolute Gasteiger partial charge is 0.335 e. The molecule has 1 aromatic rings. The monoisotopic (exact) mass is 240 g/mol. The molecule has 94 valence electrons. The second kappa shape index (κ2) is 6.72. The molecule has 1 aromatic carbocycles. The molecule has 0 aliphatic rings. The lowest BCUT2D eigenvalue weighted by Crippen LogP contribution is -2.12. The third-order valence-corrected chi connectivity index (χ3v) is 1.90. The molecule has 0 aliphatic heterocycles. The van der Waals surface area contributed by atoms with Crippen molar-refractivity contribution in [3.63, 3.8) is 0 Å². The number of nitrogens with two attached hydrogens (primary N) is 2. The summed E-state index contributed by atoms with van der Waals surface area (Å²) in [6.07, 6.45) is 0. The maximum absolute atomic E-state index is 10.9. The molecule has 6 heteroatoms. The van der Waals surface area contributed by atoms with Crippen molar-refractivity contribution in [3.05, 3.63) is 23.8 Å². The molecule has 0 saturated heterocycles. The van der Waals surface area contributed by atoms with Crippen LogP contribution in [-0.4, -0.2) is 37.4 Å². The second-order valence-electron chi connectivity index (χ2n) is 3.27. The van der Waals surface area contributed by atoms with E-state index in [1.54, 1.807) is 6.07 Å². The van der Waals surface area contributed by atoms with Crippen molar-refractivity contribution in [1.82, 2.24) is 0 Å². The van der Waals surface area contributed by atoms with Crippen LogP contribution in [0.5, 0.6) is 11.5 Å². The summed E-state index contributed by atoms with van der Waals surface area (Å²) < 4.78 is 10.5. The number of carboxylic acids is 1. The van der Waals surface area contributed by atoms with Gasteiger partial charge in [0.15, 0.2) is 0 Å². The van der Waals surface area contributed by atoms with E-state index in [4.69, 9.17) is 26.0 Å². The average molecular weight is 240 g/mol. The van der Waals surface area contributed by atoms with E-state index in [1.165, 1.54) is 12.1 Å². The Kier molecular flexibility index (Phi) is 5.25. The Labute approximate surface area is 99.1 Å². The highest BCUT2D eigenvalue weighted by Gasteiger charge is 2.08. The summed E-state index contributed by atoms with van der Waals surface area (Å²) in [5.41, 5.74) is 10.7. The van der Waals surface area contributed by atoms with Crippen LogP contribution in [0.2, 0.25) is 0 Å². The Balaban J connectivity index is 2.88. The summed E-state index contributed by atoms with van der Waals surface area (Å²) in [6.45, 7) is 1.35. The van der Waals surface area contributed by atoms with Gasteiger partial charge in [-0.15, -0.1) is 0 Å². The summed E-state index contributed by atoms with van der Waals surface area (Å²) in [6, 6.07) is 4.46. The zero-order valence-electron chi connectivity index (χ0n) is 9.39. The van der Waals surface area contributed by atoms with Gasteiger partial charge >= 0.3 is 5.97 Å². The van der Waals surface area contributed by atoms with Gasteiger partial charge in [0.05, 0.1) is 5.56 Å². The van der Waals surface area contributed by atoms with Crippen molar-refractivity contribution in [1.29, 1.82) is 0 Å². The topological polar surface area (TPSA) is 108 Å². The predicted molar refractivity (Wildman–Crippen MR) is 62.5 cm³/mol. The number of carbonyl (C=O) groups is 1. The maximum atomic E-state index is 10.9. The molecule has 0 bridgehead atoms. The van der Waals surface area contributed by atoms with Crippen LogP contribution in [0, 0.1) is 0 Å². The first-order valence-electron chi connectivity index (χ1n) is 5.21. The number of hydrogen-bond acceptors (Lipinski definition) is 5. The highest BCUT2D eigenvalue weighted by Crippen LogP contribution is 2.23. The lowest BCUT2D eigenvalue weighted by atomic mass is 10.2. The normalized spacial score (nSPS) is 10.0. The fraction of sp³-hybridized carbons (Fsp3) is 0.364. The van der Waals surface area contributed by atoms with Gasteiger partial charge in [0.25, 0.3) is 0 Å². The number of ether oxygens (including phenoxy) is 2. The van der Waals surface area contributed by atoms with Crippen LogP contribution < -0.4 is 20.9 Å². The van der Waals surface area contributed by atoms with Gasteiger partial charge in [-0.25, -0.2) is 4.79 Å². The van der Waals surface area contributed by atoms with E-state index in [0.29, 0.717) is 37.8 Å². The predicted octanol–water partition coefficient (Wildman–Crippen LogP) is 0.0598. The number of aromatic carboxylic acids is 1. The second-order valence-corrected chi connectivity index (χ2v) is 3.27.